The van der Waals surface area contributed by atoms with Gasteiger partial charge in [0.2, 0.25) is 0 Å². The molecular weight excluding hydrogens is 263 g/mol. The van der Waals surface area contributed by atoms with Gasteiger partial charge in [-0.25, -0.2) is 4.39 Å². The topological polar surface area (TPSA) is 15.3 Å². The summed E-state index contributed by atoms with van der Waals surface area (Å²) in [6, 6.07) is 7.73. The molecule has 2 rings (SSSR count). The molecule has 1 saturated heterocycles. The van der Waals surface area contributed by atoms with Gasteiger partial charge in [-0.2, -0.15) is 0 Å². The molecule has 0 saturated carbocycles. The van der Waals surface area contributed by atoms with Crippen LogP contribution in [0.3, 0.4) is 0 Å². The van der Waals surface area contributed by atoms with Gasteiger partial charge >= 0.3 is 0 Å². The summed E-state index contributed by atoms with van der Waals surface area (Å²) >= 11 is 0. The van der Waals surface area contributed by atoms with Crippen LogP contribution < -0.4 is 5.32 Å². The van der Waals surface area contributed by atoms with Crippen LogP contribution in [0.4, 0.5) is 4.39 Å². The Morgan fingerprint density at radius 2 is 1.95 bits per heavy atom. The van der Waals surface area contributed by atoms with Gasteiger partial charge in [-0.3, -0.25) is 4.90 Å². The monoisotopic (exact) mass is 292 g/mol. The zero-order valence-electron chi connectivity index (χ0n) is 13.7. The normalized spacial score (nSPS) is 22.4. The van der Waals surface area contributed by atoms with Crippen LogP contribution in [0.1, 0.15) is 52.0 Å². The van der Waals surface area contributed by atoms with Crippen molar-refractivity contribution in [2.75, 3.05) is 13.1 Å². The summed E-state index contributed by atoms with van der Waals surface area (Å²) in [7, 11) is 0. The maximum absolute atomic E-state index is 14.0. The Kier molecular flexibility index (Phi) is 5.77. The Balaban J connectivity index is 2.19. The second kappa shape index (κ2) is 7.37. The first-order valence-electron chi connectivity index (χ1n) is 8.37. The molecule has 3 heteroatoms. The average molecular weight is 292 g/mol. The number of halogens is 1. The standard InChI is InChI=1S/C18H29FN2/c1-4-9-16-13-21(18(5-2,6-3)14-20-16)12-15-10-7-8-11-17(15)19/h7-8,10-11,16,20H,4-6,9,12-14H2,1-3H3. The molecule has 0 radical (unpaired) electrons. The van der Waals surface area contributed by atoms with E-state index < -0.39 is 0 Å². The molecule has 0 spiro atoms. The van der Waals surface area contributed by atoms with Gasteiger partial charge < -0.3 is 5.32 Å². The van der Waals surface area contributed by atoms with Crippen molar-refractivity contribution in [3.63, 3.8) is 0 Å². The van der Waals surface area contributed by atoms with Crippen LogP contribution in [-0.2, 0) is 6.54 Å². The van der Waals surface area contributed by atoms with Crippen molar-refractivity contribution in [3.8, 4) is 0 Å². The molecule has 0 aromatic heterocycles. The first-order chi connectivity index (χ1) is 10.1. The molecule has 1 aliphatic heterocycles. The highest BCUT2D eigenvalue weighted by molar-refractivity contribution is 5.18. The zero-order valence-corrected chi connectivity index (χ0v) is 13.7. The predicted octanol–water partition coefficient (Wildman–Crippen LogP) is 3.96. The van der Waals surface area contributed by atoms with Crippen molar-refractivity contribution in [2.45, 2.75) is 64.6 Å². The fraction of sp³-hybridized carbons (Fsp3) is 0.667. The highest BCUT2D eigenvalue weighted by Gasteiger charge is 2.38. The summed E-state index contributed by atoms with van der Waals surface area (Å²) in [5, 5.41) is 3.71. The molecule has 2 nitrogen and oxygen atoms in total. The number of hydrogen-bond acceptors (Lipinski definition) is 2. The molecule has 1 aromatic carbocycles. The molecule has 0 amide bonds. The van der Waals surface area contributed by atoms with E-state index in [0.29, 0.717) is 6.04 Å². The van der Waals surface area contributed by atoms with Gasteiger partial charge in [-0.05, 0) is 25.3 Å². The van der Waals surface area contributed by atoms with Gasteiger partial charge in [0.05, 0.1) is 0 Å². The highest BCUT2D eigenvalue weighted by atomic mass is 19.1. The lowest BCUT2D eigenvalue weighted by Gasteiger charge is -2.50. The van der Waals surface area contributed by atoms with E-state index in [1.165, 1.54) is 12.8 Å². The van der Waals surface area contributed by atoms with E-state index in [0.717, 1.165) is 38.0 Å². The smallest absolute Gasteiger partial charge is 0.127 e. The zero-order chi connectivity index (χ0) is 15.3. The van der Waals surface area contributed by atoms with E-state index in [2.05, 4.69) is 31.0 Å². The van der Waals surface area contributed by atoms with E-state index in [4.69, 9.17) is 0 Å². The second-order valence-corrected chi connectivity index (χ2v) is 6.27. The van der Waals surface area contributed by atoms with Crippen molar-refractivity contribution >= 4 is 0 Å². The molecule has 118 valence electrons. The summed E-state index contributed by atoms with van der Waals surface area (Å²) in [4.78, 5) is 2.52. The van der Waals surface area contributed by atoms with Crippen molar-refractivity contribution < 1.29 is 4.39 Å². The van der Waals surface area contributed by atoms with Gasteiger partial charge in [-0.1, -0.05) is 45.4 Å². The van der Waals surface area contributed by atoms with Gasteiger partial charge in [0.1, 0.15) is 5.82 Å². The van der Waals surface area contributed by atoms with Crippen LogP contribution in [0.5, 0.6) is 0 Å². The number of nitrogens with one attached hydrogen (secondary N) is 1. The minimum atomic E-state index is -0.0795. The first-order valence-corrected chi connectivity index (χ1v) is 8.37. The molecule has 1 aromatic rings. The number of nitrogens with zero attached hydrogens (tertiary/aromatic N) is 1. The lowest BCUT2D eigenvalue weighted by molar-refractivity contribution is 0.0220. The molecule has 1 aliphatic rings. The molecule has 1 N–H and O–H groups in total. The maximum atomic E-state index is 14.0. The van der Waals surface area contributed by atoms with E-state index in [9.17, 15) is 4.39 Å². The molecule has 1 heterocycles. The average Bonchev–Trinajstić information content (AvgIpc) is 2.51. The summed E-state index contributed by atoms with van der Waals surface area (Å²) in [5.74, 6) is -0.0795. The van der Waals surface area contributed by atoms with Gasteiger partial charge in [0.15, 0.2) is 0 Å². The molecular formula is C18H29FN2. The van der Waals surface area contributed by atoms with E-state index >= 15 is 0 Å². The van der Waals surface area contributed by atoms with Crippen molar-refractivity contribution in [2.24, 2.45) is 0 Å². The number of piperazine rings is 1. The molecule has 0 bridgehead atoms. The first kappa shape index (κ1) is 16.4. The van der Waals surface area contributed by atoms with Crippen LogP contribution in [0.15, 0.2) is 24.3 Å². The Morgan fingerprint density at radius 3 is 2.57 bits per heavy atom. The molecule has 0 aliphatic carbocycles. The van der Waals surface area contributed by atoms with Crippen LogP contribution >= 0.6 is 0 Å². The largest absolute Gasteiger partial charge is 0.311 e. The summed E-state index contributed by atoms with van der Waals surface area (Å²) < 4.78 is 14.0. The van der Waals surface area contributed by atoms with Gasteiger partial charge in [0, 0.05) is 36.8 Å². The fourth-order valence-corrected chi connectivity index (χ4v) is 3.52. The molecule has 1 unspecified atom stereocenters. The van der Waals surface area contributed by atoms with Crippen LogP contribution in [0.2, 0.25) is 0 Å². The Hall–Kier alpha value is -0.930. The summed E-state index contributed by atoms with van der Waals surface area (Å²) in [6.07, 6.45) is 4.58. The SMILES string of the molecule is CCCC1CN(Cc2ccccc2F)C(CC)(CC)CN1. The van der Waals surface area contributed by atoms with E-state index in [-0.39, 0.29) is 11.4 Å². The van der Waals surface area contributed by atoms with Crippen LogP contribution in [0.25, 0.3) is 0 Å². The Labute approximate surface area is 128 Å². The van der Waals surface area contributed by atoms with Crippen molar-refractivity contribution in [3.05, 3.63) is 35.6 Å². The lowest BCUT2D eigenvalue weighted by Crippen LogP contribution is -2.63. The maximum Gasteiger partial charge on any atom is 0.127 e. The molecule has 1 fully saturated rings. The van der Waals surface area contributed by atoms with Crippen molar-refractivity contribution in [1.29, 1.82) is 0 Å². The summed E-state index contributed by atoms with van der Waals surface area (Å²) in [6.45, 7) is 9.48. The number of hydrogen-bond donors (Lipinski definition) is 1. The minimum Gasteiger partial charge on any atom is -0.311 e. The quantitative estimate of drug-likeness (QED) is 0.854. The lowest BCUT2D eigenvalue weighted by atomic mass is 9.86. The van der Waals surface area contributed by atoms with Crippen molar-refractivity contribution in [1.82, 2.24) is 10.2 Å². The van der Waals surface area contributed by atoms with E-state index in [1.807, 2.05) is 12.1 Å². The van der Waals surface area contributed by atoms with E-state index in [1.54, 1.807) is 12.1 Å². The third-order valence-electron chi connectivity index (χ3n) is 5.10. The molecule has 1 atom stereocenters. The Morgan fingerprint density at radius 1 is 1.24 bits per heavy atom. The fourth-order valence-electron chi connectivity index (χ4n) is 3.52. The number of rotatable bonds is 6. The summed E-state index contributed by atoms with van der Waals surface area (Å²) in [5.41, 5.74) is 0.980. The van der Waals surface area contributed by atoms with Crippen LogP contribution in [0, 0.1) is 5.82 Å². The molecule has 21 heavy (non-hydrogen) atoms. The minimum absolute atomic E-state index is 0.0795. The van der Waals surface area contributed by atoms with Crippen LogP contribution in [-0.4, -0.2) is 29.6 Å². The Bertz CT molecular complexity index is 443. The van der Waals surface area contributed by atoms with Gasteiger partial charge in [0.25, 0.3) is 0 Å². The number of benzene rings is 1. The van der Waals surface area contributed by atoms with Gasteiger partial charge in [-0.15, -0.1) is 0 Å². The predicted molar refractivity (Wildman–Crippen MR) is 86.8 cm³/mol. The highest BCUT2D eigenvalue weighted by Crippen LogP contribution is 2.30. The second-order valence-electron chi connectivity index (χ2n) is 6.27. The third kappa shape index (κ3) is 3.64. The third-order valence-corrected chi connectivity index (χ3v) is 5.10.